The first-order valence-corrected chi connectivity index (χ1v) is 6.56. The number of nitrogens with zero attached hydrogens (tertiary/aromatic N) is 1. The van der Waals surface area contributed by atoms with Gasteiger partial charge in [-0.2, -0.15) is 0 Å². The zero-order chi connectivity index (χ0) is 13.9. The van der Waals surface area contributed by atoms with Gasteiger partial charge in [0.05, 0.1) is 17.1 Å². The topological polar surface area (TPSA) is 42.4 Å². The van der Waals surface area contributed by atoms with E-state index in [1.54, 1.807) is 24.4 Å². The molecule has 0 atom stereocenters. The summed E-state index contributed by atoms with van der Waals surface area (Å²) >= 11 is 6.12. The molecule has 0 spiro atoms. The van der Waals surface area contributed by atoms with Crippen LogP contribution >= 0.6 is 11.6 Å². The minimum absolute atomic E-state index is 0.0418. The Hall–Kier alpha value is -2.10. The van der Waals surface area contributed by atoms with Crippen molar-refractivity contribution in [2.45, 2.75) is 6.61 Å². The van der Waals surface area contributed by atoms with Crippen LogP contribution in [-0.2, 0) is 6.61 Å². The number of fused-ring (bicyclic) bond motifs is 1. The standard InChI is InChI=1S/C16H12ClNO2/c17-14-8-11(10-19)3-6-16(14)20-13-5-4-12-2-1-7-18-15(12)9-13/h1-9,19H,10H2. The molecule has 0 radical (unpaired) electrons. The van der Waals surface area contributed by atoms with E-state index in [1.165, 1.54) is 0 Å². The van der Waals surface area contributed by atoms with Crippen molar-refractivity contribution in [3.63, 3.8) is 0 Å². The number of benzene rings is 2. The van der Waals surface area contributed by atoms with E-state index >= 15 is 0 Å². The van der Waals surface area contributed by atoms with Gasteiger partial charge in [-0.25, -0.2) is 0 Å². The summed E-state index contributed by atoms with van der Waals surface area (Å²) in [5, 5.41) is 10.6. The average Bonchev–Trinajstić information content (AvgIpc) is 2.49. The Morgan fingerprint density at radius 2 is 2.00 bits per heavy atom. The van der Waals surface area contributed by atoms with Crippen LogP contribution in [-0.4, -0.2) is 10.1 Å². The molecule has 0 aliphatic rings. The van der Waals surface area contributed by atoms with Crippen LogP contribution in [0.3, 0.4) is 0 Å². The lowest BCUT2D eigenvalue weighted by molar-refractivity contribution is 0.281. The van der Waals surface area contributed by atoms with Crippen molar-refractivity contribution in [2.24, 2.45) is 0 Å². The summed E-state index contributed by atoms with van der Waals surface area (Å²) in [5.41, 5.74) is 1.62. The van der Waals surface area contributed by atoms with Crippen molar-refractivity contribution in [3.8, 4) is 11.5 Å². The quantitative estimate of drug-likeness (QED) is 0.785. The molecule has 0 amide bonds. The van der Waals surface area contributed by atoms with Gasteiger partial charge in [0, 0.05) is 17.6 Å². The van der Waals surface area contributed by atoms with Crippen LogP contribution in [0.1, 0.15) is 5.56 Å². The third-order valence-electron chi connectivity index (χ3n) is 2.98. The van der Waals surface area contributed by atoms with Gasteiger partial charge >= 0.3 is 0 Å². The van der Waals surface area contributed by atoms with Crippen LogP contribution in [0.2, 0.25) is 5.02 Å². The highest BCUT2D eigenvalue weighted by Crippen LogP contribution is 2.31. The first-order valence-electron chi connectivity index (χ1n) is 6.18. The monoisotopic (exact) mass is 285 g/mol. The van der Waals surface area contributed by atoms with Crippen molar-refractivity contribution in [2.75, 3.05) is 0 Å². The molecule has 0 saturated carbocycles. The Balaban J connectivity index is 1.92. The third-order valence-corrected chi connectivity index (χ3v) is 3.28. The Labute approximate surface area is 121 Å². The minimum Gasteiger partial charge on any atom is -0.456 e. The molecule has 1 heterocycles. The van der Waals surface area contributed by atoms with E-state index in [9.17, 15) is 0 Å². The lowest BCUT2D eigenvalue weighted by atomic mass is 10.2. The molecule has 4 heteroatoms. The molecule has 0 fully saturated rings. The highest BCUT2D eigenvalue weighted by Gasteiger charge is 2.05. The van der Waals surface area contributed by atoms with Crippen LogP contribution < -0.4 is 4.74 Å². The summed E-state index contributed by atoms with van der Waals surface area (Å²) in [6.07, 6.45) is 1.75. The minimum atomic E-state index is -0.0418. The molecule has 1 aromatic heterocycles. The Kier molecular flexibility index (Phi) is 3.54. The molecule has 3 rings (SSSR count). The van der Waals surface area contributed by atoms with E-state index in [1.807, 2.05) is 30.3 Å². The highest BCUT2D eigenvalue weighted by atomic mass is 35.5. The molecule has 3 aromatic rings. The van der Waals surface area contributed by atoms with E-state index in [2.05, 4.69) is 4.98 Å². The Morgan fingerprint density at radius 3 is 2.80 bits per heavy atom. The molecule has 2 aromatic carbocycles. The molecule has 20 heavy (non-hydrogen) atoms. The second kappa shape index (κ2) is 5.49. The fourth-order valence-electron chi connectivity index (χ4n) is 1.96. The lowest BCUT2D eigenvalue weighted by Gasteiger charge is -2.09. The third kappa shape index (κ3) is 2.59. The summed E-state index contributed by atoms with van der Waals surface area (Å²) in [5.74, 6) is 1.23. The van der Waals surface area contributed by atoms with Gasteiger partial charge in [-0.3, -0.25) is 4.98 Å². The van der Waals surface area contributed by atoms with E-state index in [0.717, 1.165) is 16.5 Å². The number of halogens is 1. The lowest BCUT2D eigenvalue weighted by Crippen LogP contribution is -1.89. The van der Waals surface area contributed by atoms with Crippen LogP contribution in [0.4, 0.5) is 0 Å². The van der Waals surface area contributed by atoms with Gasteiger partial charge in [0.25, 0.3) is 0 Å². The second-order valence-corrected chi connectivity index (χ2v) is 4.79. The zero-order valence-corrected chi connectivity index (χ0v) is 11.3. The highest BCUT2D eigenvalue weighted by molar-refractivity contribution is 6.32. The first kappa shape index (κ1) is 12.9. The molecule has 0 aliphatic heterocycles. The van der Waals surface area contributed by atoms with Crippen LogP contribution in [0.15, 0.2) is 54.7 Å². The van der Waals surface area contributed by atoms with Crippen molar-refractivity contribution >= 4 is 22.5 Å². The molecule has 1 N–H and O–H groups in total. The van der Waals surface area contributed by atoms with Gasteiger partial charge in [0.2, 0.25) is 0 Å². The number of aliphatic hydroxyl groups is 1. The number of hydrogen-bond donors (Lipinski definition) is 1. The van der Waals surface area contributed by atoms with Gasteiger partial charge in [-0.1, -0.05) is 23.7 Å². The van der Waals surface area contributed by atoms with Crippen molar-refractivity contribution in [1.29, 1.82) is 0 Å². The summed E-state index contributed by atoms with van der Waals surface area (Å²) in [6.45, 7) is -0.0418. The number of ether oxygens (including phenoxy) is 1. The fourth-order valence-corrected chi connectivity index (χ4v) is 2.20. The number of pyridine rings is 1. The maximum absolute atomic E-state index is 9.05. The van der Waals surface area contributed by atoms with Gasteiger partial charge in [0.1, 0.15) is 11.5 Å². The van der Waals surface area contributed by atoms with Gasteiger partial charge in [0.15, 0.2) is 0 Å². The van der Waals surface area contributed by atoms with Crippen molar-refractivity contribution in [3.05, 3.63) is 65.3 Å². The maximum atomic E-state index is 9.05. The fraction of sp³-hybridized carbons (Fsp3) is 0.0625. The summed E-state index contributed by atoms with van der Waals surface area (Å²) in [7, 11) is 0. The molecule has 3 nitrogen and oxygen atoms in total. The summed E-state index contributed by atoms with van der Waals surface area (Å²) in [6, 6.07) is 14.8. The molecule has 0 bridgehead atoms. The number of aromatic nitrogens is 1. The number of rotatable bonds is 3. The summed E-state index contributed by atoms with van der Waals surface area (Å²) < 4.78 is 5.76. The Morgan fingerprint density at radius 1 is 1.10 bits per heavy atom. The molecule has 0 saturated heterocycles. The predicted octanol–water partition coefficient (Wildman–Crippen LogP) is 4.17. The number of aliphatic hydroxyl groups excluding tert-OH is 1. The maximum Gasteiger partial charge on any atom is 0.146 e. The normalized spacial score (nSPS) is 10.7. The van der Waals surface area contributed by atoms with Crippen molar-refractivity contribution < 1.29 is 9.84 Å². The van der Waals surface area contributed by atoms with Crippen LogP contribution in [0.5, 0.6) is 11.5 Å². The second-order valence-electron chi connectivity index (χ2n) is 4.38. The smallest absolute Gasteiger partial charge is 0.146 e. The average molecular weight is 286 g/mol. The molecular weight excluding hydrogens is 274 g/mol. The van der Waals surface area contributed by atoms with E-state index in [4.69, 9.17) is 21.4 Å². The van der Waals surface area contributed by atoms with E-state index in [-0.39, 0.29) is 6.61 Å². The first-order chi connectivity index (χ1) is 9.76. The zero-order valence-electron chi connectivity index (χ0n) is 10.6. The molecular formula is C16H12ClNO2. The SMILES string of the molecule is OCc1ccc(Oc2ccc3cccnc3c2)c(Cl)c1. The predicted molar refractivity (Wildman–Crippen MR) is 79.2 cm³/mol. The van der Waals surface area contributed by atoms with Crippen LogP contribution in [0.25, 0.3) is 10.9 Å². The number of hydrogen-bond acceptors (Lipinski definition) is 3. The van der Waals surface area contributed by atoms with Gasteiger partial charge < -0.3 is 9.84 Å². The van der Waals surface area contributed by atoms with Gasteiger partial charge in [-0.15, -0.1) is 0 Å². The van der Waals surface area contributed by atoms with Crippen LogP contribution in [0, 0.1) is 0 Å². The summed E-state index contributed by atoms with van der Waals surface area (Å²) in [4.78, 5) is 4.29. The molecule has 100 valence electrons. The largest absolute Gasteiger partial charge is 0.456 e. The molecule has 0 aliphatic carbocycles. The van der Waals surface area contributed by atoms with E-state index in [0.29, 0.717) is 16.5 Å². The van der Waals surface area contributed by atoms with Gasteiger partial charge in [-0.05, 0) is 35.9 Å². The molecule has 0 unspecified atom stereocenters. The van der Waals surface area contributed by atoms with Crippen molar-refractivity contribution in [1.82, 2.24) is 4.98 Å². The Bertz CT molecular complexity index is 758. The van der Waals surface area contributed by atoms with E-state index < -0.39 is 0 Å².